The van der Waals surface area contributed by atoms with Gasteiger partial charge in [0.1, 0.15) is 0 Å². The molecule has 0 spiro atoms. The van der Waals surface area contributed by atoms with Crippen molar-refractivity contribution in [2.75, 3.05) is 29.0 Å². The van der Waals surface area contributed by atoms with Gasteiger partial charge in [0.15, 0.2) is 0 Å². The van der Waals surface area contributed by atoms with Gasteiger partial charge < -0.3 is 21.3 Å². The lowest BCUT2D eigenvalue weighted by atomic mass is 10.1. The summed E-state index contributed by atoms with van der Waals surface area (Å²) in [5.74, 6) is 0.933. The van der Waals surface area contributed by atoms with Crippen LogP contribution < -0.4 is 21.3 Å². The minimum absolute atomic E-state index is 0.149. The number of nitrogens with one attached hydrogen (secondary N) is 3. The van der Waals surface area contributed by atoms with Gasteiger partial charge in [-0.1, -0.05) is 18.2 Å². The molecule has 22 heavy (non-hydrogen) atoms. The molecule has 2 aromatic rings. The highest BCUT2D eigenvalue weighted by atomic mass is 16.2. The van der Waals surface area contributed by atoms with E-state index in [9.17, 15) is 4.79 Å². The number of carbonyl (C=O) groups is 1. The number of rotatable bonds is 3. The number of nitrogens with zero attached hydrogens (tertiary/aromatic N) is 3. The fourth-order valence-electron chi connectivity index (χ4n) is 2.50. The number of para-hydroxylation sites is 1. The maximum atomic E-state index is 12.0. The molecule has 0 atom stereocenters. The molecule has 1 fully saturated rings. The predicted molar refractivity (Wildman–Crippen MR) is 84.6 cm³/mol. The number of nitrogens with two attached hydrogens (primary N) is 1. The normalized spacial score (nSPS) is 15.5. The zero-order valence-corrected chi connectivity index (χ0v) is 12.1. The summed E-state index contributed by atoms with van der Waals surface area (Å²) in [7, 11) is 0. The molecular formula is C14H19N7O. The number of aromatic amines is 1. The molecule has 0 bridgehead atoms. The smallest absolute Gasteiger partial charge is 0.319 e. The summed E-state index contributed by atoms with van der Waals surface area (Å²) in [4.78, 5) is 18.1. The van der Waals surface area contributed by atoms with Crippen LogP contribution in [0.2, 0.25) is 0 Å². The van der Waals surface area contributed by atoms with Crippen LogP contribution >= 0.6 is 0 Å². The Kier molecular flexibility index (Phi) is 4.08. The number of piperidine rings is 1. The van der Waals surface area contributed by atoms with E-state index >= 15 is 0 Å². The van der Waals surface area contributed by atoms with Crippen LogP contribution in [0.5, 0.6) is 0 Å². The Morgan fingerprint density at radius 3 is 2.64 bits per heavy atom. The summed E-state index contributed by atoms with van der Waals surface area (Å²) in [6.45, 7) is 1.57. The van der Waals surface area contributed by atoms with Crippen LogP contribution in [0.3, 0.4) is 0 Å². The summed E-state index contributed by atoms with van der Waals surface area (Å²) < 4.78 is 0. The van der Waals surface area contributed by atoms with E-state index in [1.807, 2.05) is 30.3 Å². The van der Waals surface area contributed by atoms with Crippen molar-refractivity contribution in [2.45, 2.75) is 18.9 Å². The first-order valence-corrected chi connectivity index (χ1v) is 7.26. The van der Waals surface area contributed by atoms with Gasteiger partial charge in [-0.15, -0.1) is 5.10 Å². The zero-order chi connectivity index (χ0) is 15.4. The number of anilines is 3. The van der Waals surface area contributed by atoms with Gasteiger partial charge in [-0.3, -0.25) is 0 Å². The van der Waals surface area contributed by atoms with Crippen LogP contribution in [0.4, 0.5) is 22.4 Å². The van der Waals surface area contributed by atoms with Crippen molar-refractivity contribution in [1.82, 2.24) is 20.5 Å². The van der Waals surface area contributed by atoms with Crippen LogP contribution in [0.1, 0.15) is 12.8 Å². The van der Waals surface area contributed by atoms with Crippen LogP contribution in [-0.2, 0) is 0 Å². The molecule has 1 saturated heterocycles. The highest BCUT2D eigenvalue weighted by Gasteiger charge is 2.22. The number of nitrogen functional groups attached to an aromatic ring is 1. The van der Waals surface area contributed by atoms with Crippen molar-refractivity contribution in [3.8, 4) is 0 Å². The van der Waals surface area contributed by atoms with Gasteiger partial charge in [0.05, 0.1) is 0 Å². The number of hydrogen-bond acceptors (Lipinski definition) is 5. The van der Waals surface area contributed by atoms with Crippen molar-refractivity contribution >= 4 is 23.6 Å². The highest BCUT2D eigenvalue weighted by molar-refractivity contribution is 5.89. The molecule has 0 unspecified atom stereocenters. The molecule has 116 valence electrons. The minimum atomic E-state index is -0.174. The first-order valence-electron chi connectivity index (χ1n) is 7.26. The predicted octanol–water partition coefficient (Wildman–Crippen LogP) is 1.18. The number of urea groups is 1. The number of benzene rings is 1. The molecule has 0 aliphatic carbocycles. The Balaban J connectivity index is 1.46. The second-order valence-corrected chi connectivity index (χ2v) is 5.25. The summed E-state index contributed by atoms with van der Waals surface area (Å²) >= 11 is 0. The lowest BCUT2D eigenvalue weighted by molar-refractivity contribution is 0.246. The van der Waals surface area contributed by atoms with Crippen molar-refractivity contribution in [3.63, 3.8) is 0 Å². The van der Waals surface area contributed by atoms with Gasteiger partial charge in [-0.25, -0.2) is 9.89 Å². The maximum absolute atomic E-state index is 12.0. The third-order valence-corrected chi connectivity index (χ3v) is 3.64. The molecular weight excluding hydrogens is 282 g/mol. The van der Waals surface area contributed by atoms with Crippen LogP contribution in [0.25, 0.3) is 0 Å². The quantitative estimate of drug-likeness (QED) is 0.680. The van der Waals surface area contributed by atoms with E-state index in [4.69, 9.17) is 5.73 Å². The molecule has 1 aromatic heterocycles. The summed E-state index contributed by atoms with van der Waals surface area (Å²) in [5, 5.41) is 12.5. The minimum Gasteiger partial charge on any atom is -0.368 e. The Bertz CT molecular complexity index is 619. The number of H-pyrrole nitrogens is 1. The Hall–Kier alpha value is -2.77. The third kappa shape index (κ3) is 3.46. The molecule has 1 aliphatic rings. The van der Waals surface area contributed by atoms with Crippen molar-refractivity contribution in [2.24, 2.45) is 0 Å². The monoisotopic (exact) mass is 301 g/mol. The standard InChI is InChI=1S/C14H19N7O/c15-12-18-13(20-19-12)21-8-6-11(7-9-21)17-14(22)16-10-4-2-1-3-5-10/h1-5,11H,6-9H2,(H2,16,17,22)(H3,15,18,19,20). The summed E-state index contributed by atoms with van der Waals surface area (Å²) in [6, 6.07) is 9.37. The Labute approximate surface area is 128 Å². The Morgan fingerprint density at radius 1 is 1.27 bits per heavy atom. The summed E-state index contributed by atoms with van der Waals surface area (Å²) in [6.07, 6.45) is 1.69. The average Bonchev–Trinajstić information content (AvgIpc) is 2.95. The molecule has 8 heteroatoms. The first kappa shape index (κ1) is 14.2. The summed E-state index contributed by atoms with van der Waals surface area (Å²) in [5.41, 5.74) is 6.32. The van der Waals surface area contributed by atoms with Gasteiger partial charge >= 0.3 is 6.03 Å². The lowest BCUT2D eigenvalue weighted by Crippen LogP contribution is -2.46. The van der Waals surface area contributed by atoms with Crippen LogP contribution in [0.15, 0.2) is 30.3 Å². The topological polar surface area (TPSA) is 112 Å². The number of aromatic nitrogens is 3. The van der Waals surface area contributed by atoms with E-state index < -0.39 is 0 Å². The Morgan fingerprint density at radius 2 is 2.00 bits per heavy atom. The van der Waals surface area contributed by atoms with Gasteiger partial charge in [-0.05, 0) is 25.0 Å². The number of amides is 2. The lowest BCUT2D eigenvalue weighted by Gasteiger charge is -2.31. The van der Waals surface area contributed by atoms with Crippen molar-refractivity contribution < 1.29 is 4.79 Å². The van der Waals surface area contributed by atoms with Crippen LogP contribution in [0, 0.1) is 0 Å². The van der Waals surface area contributed by atoms with Gasteiger partial charge in [0.2, 0.25) is 11.9 Å². The molecule has 2 amide bonds. The van der Waals surface area contributed by atoms with E-state index in [1.54, 1.807) is 0 Å². The fourth-order valence-corrected chi connectivity index (χ4v) is 2.50. The van der Waals surface area contributed by atoms with Crippen LogP contribution in [-0.4, -0.2) is 40.3 Å². The first-order chi connectivity index (χ1) is 10.7. The SMILES string of the molecule is Nc1nc(N2CCC(NC(=O)Nc3ccccc3)CC2)n[nH]1. The second kappa shape index (κ2) is 6.33. The van der Waals surface area contributed by atoms with E-state index in [0.717, 1.165) is 31.6 Å². The van der Waals surface area contributed by atoms with Crippen molar-refractivity contribution in [1.29, 1.82) is 0 Å². The molecule has 8 nitrogen and oxygen atoms in total. The number of carbonyl (C=O) groups excluding carboxylic acids is 1. The molecule has 0 radical (unpaired) electrons. The third-order valence-electron chi connectivity index (χ3n) is 3.64. The van der Waals surface area contributed by atoms with Gasteiger partial charge in [-0.2, -0.15) is 4.98 Å². The maximum Gasteiger partial charge on any atom is 0.319 e. The highest BCUT2D eigenvalue weighted by Crippen LogP contribution is 2.16. The molecule has 2 heterocycles. The van der Waals surface area contributed by atoms with Gasteiger partial charge in [0, 0.05) is 24.8 Å². The fraction of sp³-hybridized carbons (Fsp3) is 0.357. The molecule has 1 aromatic carbocycles. The van der Waals surface area contributed by atoms with E-state index in [-0.39, 0.29) is 12.1 Å². The van der Waals surface area contributed by atoms with E-state index in [1.165, 1.54) is 0 Å². The average molecular weight is 301 g/mol. The van der Waals surface area contributed by atoms with Gasteiger partial charge in [0.25, 0.3) is 0 Å². The van der Waals surface area contributed by atoms with E-state index in [0.29, 0.717) is 11.9 Å². The largest absolute Gasteiger partial charge is 0.368 e. The molecule has 5 N–H and O–H groups in total. The zero-order valence-electron chi connectivity index (χ0n) is 12.1. The van der Waals surface area contributed by atoms with Crippen molar-refractivity contribution in [3.05, 3.63) is 30.3 Å². The molecule has 0 saturated carbocycles. The number of hydrogen-bond donors (Lipinski definition) is 4. The molecule has 3 rings (SSSR count). The van der Waals surface area contributed by atoms with E-state index in [2.05, 4.69) is 30.7 Å². The molecule has 1 aliphatic heterocycles. The second-order valence-electron chi connectivity index (χ2n) is 5.25.